The van der Waals surface area contributed by atoms with Crippen molar-refractivity contribution in [3.8, 4) is 0 Å². The van der Waals surface area contributed by atoms with Gasteiger partial charge in [0.2, 0.25) is 0 Å². The molecule has 1 heterocycles. The number of urea groups is 1. The van der Waals surface area contributed by atoms with Gasteiger partial charge in [-0.1, -0.05) is 52.5 Å². The number of hydrogen-bond acceptors (Lipinski definition) is 3. The van der Waals surface area contributed by atoms with Crippen LogP contribution in [0.3, 0.4) is 0 Å². The highest BCUT2D eigenvalue weighted by atomic mass is 35.5. The molecular formula is C21H24Cl4N4O. The summed E-state index contributed by atoms with van der Waals surface area (Å²) in [7, 11) is 0. The van der Waals surface area contributed by atoms with Crippen molar-refractivity contribution >= 4 is 58.1 Å². The van der Waals surface area contributed by atoms with E-state index in [9.17, 15) is 4.79 Å². The van der Waals surface area contributed by atoms with Crippen LogP contribution in [0.4, 0.5) is 10.5 Å². The van der Waals surface area contributed by atoms with Crippen LogP contribution in [0, 0.1) is 0 Å². The van der Waals surface area contributed by atoms with Crippen LogP contribution in [0.5, 0.6) is 0 Å². The van der Waals surface area contributed by atoms with E-state index in [1.165, 1.54) is 0 Å². The number of nitrogens with one attached hydrogen (secondary N) is 3. The second kappa shape index (κ2) is 11.4. The van der Waals surface area contributed by atoms with Crippen LogP contribution in [0.2, 0.25) is 20.1 Å². The van der Waals surface area contributed by atoms with E-state index < -0.39 is 0 Å². The van der Waals surface area contributed by atoms with Gasteiger partial charge in [0.05, 0.1) is 10.0 Å². The molecule has 0 aliphatic carbocycles. The molecule has 1 saturated heterocycles. The zero-order chi connectivity index (χ0) is 21.5. The van der Waals surface area contributed by atoms with E-state index in [0.29, 0.717) is 32.3 Å². The summed E-state index contributed by atoms with van der Waals surface area (Å²) in [6, 6.07) is 10.2. The number of amides is 2. The van der Waals surface area contributed by atoms with Gasteiger partial charge in [-0.2, -0.15) is 0 Å². The monoisotopic (exact) mass is 488 g/mol. The fourth-order valence-electron chi connectivity index (χ4n) is 3.44. The fraction of sp³-hybridized carbons (Fsp3) is 0.381. The molecule has 0 saturated carbocycles. The summed E-state index contributed by atoms with van der Waals surface area (Å²) in [6.45, 7) is 5.46. The van der Waals surface area contributed by atoms with Gasteiger partial charge in [0.25, 0.3) is 0 Å². The fourth-order valence-corrected chi connectivity index (χ4v) is 4.28. The number of benzene rings is 2. The molecule has 2 amide bonds. The lowest BCUT2D eigenvalue weighted by molar-refractivity contribution is 0.230. The summed E-state index contributed by atoms with van der Waals surface area (Å²) >= 11 is 24.3. The number of anilines is 1. The number of halogens is 4. The molecular weight excluding hydrogens is 466 g/mol. The minimum Gasteiger partial charge on any atom is -0.337 e. The van der Waals surface area contributed by atoms with E-state index in [1.54, 1.807) is 24.3 Å². The third kappa shape index (κ3) is 7.19. The molecule has 9 heteroatoms. The molecule has 0 bridgehead atoms. The normalized spacial score (nSPS) is 15.6. The molecule has 2 aromatic carbocycles. The molecule has 1 atom stereocenters. The molecule has 1 fully saturated rings. The quantitative estimate of drug-likeness (QED) is 0.481. The van der Waals surface area contributed by atoms with E-state index in [1.807, 2.05) is 12.1 Å². The van der Waals surface area contributed by atoms with Gasteiger partial charge >= 0.3 is 6.03 Å². The predicted molar refractivity (Wildman–Crippen MR) is 127 cm³/mol. The average molecular weight is 490 g/mol. The highest BCUT2D eigenvalue weighted by Gasteiger charge is 2.18. The Hall–Kier alpha value is -1.21. The van der Waals surface area contributed by atoms with Gasteiger partial charge in [-0.25, -0.2) is 4.79 Å². The molecule has 0 spiro atoms. The molecule has 1 unspecified atom stereocenters. The van der Waals surface area contributed by atoms with Crippen molar-refractivity contribution in [3.63, 3.8) is 0 Å². The van der Waals surface area contributed by atoms with Gasteiger partial charge in [0.15, 0.2) is 0 Å². The van der Waals surface area contributed by atoms with Crippen molar-refractivity contribution in [1.82, 2.24) is 15.5 Å². The van der Waals surface area contributed by atoms with E-state index in [2.05, 4.69) is 20.9 Å². The second-order valence-corrected chi connectivity index (χ2v) is 8.93. The topological polar surface area (TPSA) is 56.4 Å². The Morgan fingerprint density at radius 1 is 1.00 bits per heavy atom. The maximum atomic E-state index is 12.4. The number of rotatable bonds is 7. The van der Waals surface area contributed by atoms with Crippen molar-refractivity contribution in [1.29, 1.82) is 0 Å². The van der Waals surface area contributed by atoms with E-state index >= 15 is 0 Å². The Morgan fingerprint density at radius 3 is 2.37 bits per heavy atom. The van der Waals surface area contributed by atoms with Crippen LogP contribution in [0.25, 0.3) is 0 Å². The molecule has 30 heavy (non-hydrogen) atoms. The molecule has 2 aromatic rings. The molecule has 1 aliphatic heterocycles. The van der Waals surface area contributed by atoms with Crippen molar-refractivity contribution in [2.75, 3.05) is 44.6 Å². The molecule has 3 rings (SSSR count). The first-order valence-electron chi connectivity index (χ1n) is 9.79. The van der Waals surface area contributed by atoms with Gasteiger partial charge < -0.3 is 20.9 Å². The number of hydrogen-bond donors (Lipinski definition) is 3. The van der Waals surface area contributed by atoms with Gasteiger partial charge in [-0.3, -0.25) is 0 Å². The Balaban J connectivity index is 1.63. The van der Waals surface area contributed by atoms with Crippen molar-refractivity contribution < 1.29 is 4.79 Å². The largest absolute Gasteiger partial charge is 0.337 e. The number of piperazine rings is 1. The van der Waals surface area contributed by atoms with Crippen LogP contribution in [-0.2, 0) is 0 Å². The first-order chi connectivity index (χ1) is 14.4. The lowest BCUT2D eigenvalue weighted by Crippen LogP contribution is -2.44. The van der Waals surface area contributed by atoms with Gasteiger partial charge in [0, 0.05) is 54.4 Å². The number of carbonyl (C=O) groups is 1. The summed E-state index contributed by atoms with van der Waals surface area (Å²) < 4.78 is 0. The minimum atomic E-state index is -0.319. The number of nitrogens with zero attached hydrogens (tertiary/aromatic N) is 1. The maximum absolute atomic E-state index is 12.4. The Kier molecular flexibility index (Phi) is 8.93. The molecule has 0 aromatic heterocycles. The molecule has 0 radical (unpaired) electrons. The Morgan fingerprint density at radius 2 is 1.70 bits per heavy atom. The zero-order valence-electron chi connectivity index (χ0n) is 16.4. The predicted octanol–water partition coefficient (Wildman–Crippen LogP) is 5.50. The number of carbonyl (C=O) groups excluding carboxylic acids is 1. The third-order valence-electron chi connectivity index (χ3n) is 5.05. The van der Waals surface area contributed by atoms with Crippen LogP contribution >= 0.6 is 46.4 Å². The lowest BCUT2D eigenvalue weighted by Gasteiger charge is -2.29. The molecule has 5 nitrogen and oxygen atoms in total. The lowest BCUT2D eigenvalue weighted by atomic mass is 9.95. The average Bonchev–Trinajstić information content (AvgIpc) is 2.70. The first kappa shape index (κ1) is 23.5. The van der Waals surface area contributed by atoms with Crippen LogP contribution in [0.1, 0.15) is 17.9 Å². The Labute approximate surface area is 197 Å². The van der Waals surface area contributed by atoms with E-state index in [-0.39, 0.29) is 11.9 Å². The van der Waals surface area contributed by atoms with Gasteiger partial charge in [-0.15, -0.1) is 0 Å². The Bertz CT molecular complexity index is 854. The van der Waals surface area contributed by atoms with Gasteiger partial charge in [-0.05, 0) is 48.9 Å². The first-order valence-corrected chi connectivity index (χ1v) is 11.3. The second-order valence-electron chi connectivity index (χ2n) is 7.24. The molecule has 162 valence electrons. The summed E-state index contributed by atoms with van der Waals surface area (Å²) in [6.07, 6.45) is 0.890. The SMILES string of the molecule is O=C(NCC(CCN1CCNCC1)c1ccc(Cl)c(Cl)c1)Nc1cc(Cl)cc(Cl)c1. The van der Waals surface area contributed by atoms with Crippen molar-refractivity contribution in [2.45, 2.75) is 12.3 Å². The minimum absolute atomic E-state index is 0.100. The highest BCUT2D eigenvalue weighted by molar-refractivity contribution is 6.42. The maximum Gasteiger partial charge on any atom is 0.319 e. The smallest absolute Gasteiger partial charge is 0.319 e. The van der Waals surface area contributed by atoms with Crippen LogP contribution in [0.15, 0.2) is 36.4 Å². The standard InChI is InChI=1S/C21H24Cl4N4O/c22-16-10-17(23)12-18(11-16)28-21(30)27-13-15(3-6-29-7-4-26-5-8-29)14-1-2-19(24)20(25)9-14/h1-2,9-12,15,26H,3-8,13H2,(H2,27,28,30). The van der Waals surface area contributed by atoms with E-state index in [0.717, 1.165) is 44.7 Å². The summed E-state index contributed by atoms with van der Waals surface area (Å²) in [5.41, 5.74) is 1.59. The molecule has 1 aliphatic rings. The van der Waals surface area contributed by atoms with E-state index in [4.69, 9.17) is 46.4 Å². The third-order valence-corrected chi connectivity index (χ3v) is 6.22. The highest BCUT2D eigenvalue weighted by Crippen LogP contribution is 2.28. The van der Waals surface area contributed by atoms with Crippen LogP contribution < -0.4 is 16.0 Å². The summed E-state index contributed by atoms with van der Waals surface area (Å²) in [4.78, 5) is 14.8. The van der Waals surface area contributed by atoms with Crippen LogP contribution in [-0.4, -0.2) is 50.2 Å². The molecule has 3 N–H and O–H groups in total. The zero-order valence-corrected chi connectivity index (χ0v) is 19.4. The van der Waals surface area contributed by atoms with Crippen molar-refractivity contribution in [3.05, 3.63) is 62.1 Å². The summed E-state index contributed by atoms with van der Waals surface area (Å²) in [5, 5.41) is 11.0. The summed E-state index contributed by atoms with van der Waals surface area (Å²) in [5.74, 6) is 0.100. The van der Waals surface area contributed by atoms with Gasteiger partial charge in [0.1, 0.15) is 0 Å². The van der Waals surface area contributed by atoms with Crippen molar-refractivity contribution in [2.24, 2.45) is 0 Å².